The van der Waals surface area contributed by atoms with Crippen molar-refractivity contribution in [2.24, 2.45) is 0 Å². The molecule has 0 aromatic heterocycles. The van der Waals surface area contributed by atoms with Crippen molar-refractivity contribution in [3.63, 3.8) is 0 Å². The van der Waals surface area contributed by atoms with Crippen molar-refractivity contribution < 1.29 is 32.7 Å². The first kappa shape index (κ1) is 21.5. The third-order valence-corrected chi connectivity index (χ3v) is 5.30. The van der Waals surface area contributed by atoms with E-state index in [9.17, 15) is 14.2 Å². The predicted octanol–water partition coefficient (Wildman–Crippen LogP) is 2.97. The molecule has 1 rings (SSSR count). The third-order valence-electron chi connectivity index (χ3n) is 2.96. The first-order chi connectivity index (χ1) is 11.9. The van der Waals surface area contributed by atoms with Crippen LogP contribution in [-0.4, -0.2) is 37.3 Å². The molecule has 1 atom stereocenters. The average molecular weight is 391 g/mol. The minimum absolute atomic E-state index is 0.0297. The Kier molecular flexibility index (Phi) is 8.99. The number of carbonyl (C=O) groups is 2. The summed E-state index contributed by atoms with van der Waals surface area (Å²) in [6.45, 7) is 3.16. The van der Waals surface area contributed by atoms with E-state index < -0.39 is 24.6 Å². The van der Waals surface area contributed by atoms with Crippen molar-refractivity contribution in [1.82, 2.24) is 5.32 Å². The Morgan fingerprint density at radius 2 is 1.72 bits per heavy atom. The highest BCUT2D eigenvalue weighted by Crippen LogP contribution is 2.52. The molecule has 0 saturated carbocycles. The van der Waals surface area contributed by atoms with Crippen molar-refractivity contribution in [3.05, 3.63) is 29.8 Å². The molecule has 8 nitrogen and oxygen atoms in total. The number of benzene rings is 1. The lowest BCUT2D eigenvalue weighted by molar-refractivity contribution is -0.145. The van der Waals surface area contributed by atoms with E-state index in [2.05, 4.69) is 17.9 Å². The molecule has 0 fully saturated rings. The summed E-state index contributed by atoms with van der Waals surface area (Å²) in [5.41, 5.74) is 0.688. The van der Waals surface area contributed by atoms with Gasteiger partial charge < -0.3 is 23.8 Å². The van der Waals surface area contributed by atoms with E-state index in [1.165, 1.54) is 0 Å². The van der Waals surface area contributed by atoms with E-state index in [1.807, 2.05) is 0 Å². The quantitative estimate of drug-likeness (QED) is 0.359. The number of amides is 1. The van der Waals surface area contributed by atoms with Gasteiger partial charge in [0.15, 0.2) is 0 Å². The van der Waals surface area contributed by atoms with E-state index in [4.69, 9.17) is 18.5 Å². The fraction of sp³-hybridized carbons (Fsp3) is 0.467. The first-order valence-corrected chi connectivity index (χ1v) is 9.60. The lowest BCUT2D eigenvalue weighted by atomic mass is 10.2. The molecule has 140 valence electrons. The van der Waals surface area contributed by atoms with E-state index in [0.29, 0.717) is 11.3 Å². The number of carbonyl (C=O) groups excluding carboxylic acids is 2. The highest BCUT2D eigenvalue weighted by atomic mass is 32.1. The molecule has 0 aliphatic rings. The van der Waals surface area contributed by atoms with Gasteiger partial charge in [-0.05, 0) is 31.5 Å². The molecule has 1 N–H and O–H groups in total. The van der Waals surface area contributed by atoms with E-state index >= 15 is 0 Å². The summed E-state index contributed by atoms with van der Waals surface area (Å²) in [6.07, 6.45) is 0. The van der Waals surface area contributed by atoms with Crippen LogP contribution in [0.4, 0.5) is 4.79 Å². The third kappa shape index (κ3) is 6.70. The molecular weight excluding hydrogens is 369 g/mol. The molecule has 1 aromatic rings. The van der Waals surface area contributed by atoms with Crippen molar-refractivity contribution in [2.45, 2.75) is 26.2 Å². The maximum Gasteiger partial charge on any atom is 0.364 e. The number of hydrogen-bond acceptors (Lipinski definition) is 7. The summed E-state index contributed by atoms with van der Waals surface area (Å²) < 4.78 is 33.2. The van der Waals surface area contributed by atoms with Crippen LogP contribution in [0.3, 0.4) is 0 Å². The van der Waals surface area contributed by atoms with Crippen LogP contribution in [0.15, 0.2) is 24.3 Å². The standard InChI is InChI=1S/C15H22NO7PS/c1-4-22-24(19,23-5-2)13(16-15(18)25)14(17)21-10-11-6-8-12(20-3)9-7-11/h6-9,13H,4-5,10H2,1-3H3,(H2,16,18,25). The van der Waals surface area contributed by atoms with Crippen molar-refractivity contribution in [3.8, 4) is 5.75 Å². The molecule has 1 unspecified atom stereocenters. The maximum atomic E-state index is 12.8. The number of thiol groups is 1. The summed E-state index contributed by atoms with van der Waals surface area (Å²) in [6, 6.07) is 6.84. The van der Waals surface area contributed by atoms with Crippen LogP contribution in [0.2, 0.25) is 0 Å². The fourth-order valence-electron chi connectivity index (χ4n) is 1.89. The van der Waals surface area contributed by atoms with Gasteiger partial charge in [0.1, 0.15) is 12.4 Å². The van der Waals surface area contributed by atoms with Crippen LogP contribution < -0.4 is 10.1 Å². The summed E-state index contributed by atoms with van der Waals surface area (Å²) in [4.78, 5) is 23.6. The monoisotopic (exact) mass is 391 g/mol. The van der Waals surface area contributed by atoms with E-state index in [1.54, 1.807) is 45.2 Å². The van der Waals surface area contributed by atoms with Gasteiger partial charge in [0.2, 0.25) is 5.78 Å². The number of ether oxygens (including phenoxy) is 2. The smallest absolute Gasteiger partial charge is 0.364 e. The molecule has 0 heterocycles. The highest BCUT2D eigenvalue weighted by Gasteiger charge is 2.43. The number of esters is 1. The molecule has 0 saturated heterocycles. The topological polar surface area (TPSA) is 100 Å². The molecular formula is C15H22NO7PS. The molecule has 0 bridgehead atoms. The molecule has 0 aliphatic heterocycles. The second-order valence-corrected chi connectivity index (χ2v) is 7.20. The lowest BCUT2D eigenvalue weighted by Gasteiger charge is -2.24. The van der Waals surface area contributed by atoms with Crippen LogP contribution in [0.5, 0.6) is 5.75 Å². The normalized spacial score (nSPS) is 12.3. The average Bonchev–Trinajstić information content (AvgIpc) is 2.58. The predicted molar refractivity (Wildman–Crippen MR) is 95.0 cm³/mol. The molecule has 0 aliphatic carbocycles. The van der Waals surface area contributed by atoms with Gasteiger partial charge in [0, 0.05) is 0 Å². The Labute approximate surface area is 152 Å². The van der Waals surface area contributed by atoms with Crippen molar-refractivity contribution in [1.29, 1.82) is 0 Å². The van der Waals surface area contributed by atoms with Gasteiger partial charge in [-0.25, -0.2) is 4.79 Å². The van der Waals surface area contributed by atoms with Crippen LogP contribution in [0, 0.1) is 0 Å². The molecule has 25 heavy (non-hydrogen) atoms. The van der Waals surface area contributed by atoms with Crippen LogP contribution in [0.25, 0.3) is 0 Å². The van der Waals surface area contributed by atoms with Crippen LogP contribution in [0.1, 0.15) is 19.4 Å². The highest BCUT2D eigenvalue weighted by molar-refractivity contribution is 7.96. The van der Waals surface area contributed by atoms with Gasteiger partial charge in [-0.2, -0.15) is 0 Å². The zero-order valence-electron chi connectivity index (χ0n) is 14.3. The number of nitrogens with one attached hydrogen (secondary N) is 1. The molecule has 0 radical (unpaired) electrons. The largest absolute Gasteiger partial charge is 0.497 e. The molecule has 1 aromatic carbocycles. The molecule has 0 spiro atoms. The molecule has 1 amide bonds. The van der Waals surface area contributed by atoms with E-state index in [-0.39, 0.29) is 19.8 Å². The summed E-state index contributed by atoms with van der Waals surface area (Å²) in [5, 5.41) is 1.31. The van der Waals surface area contributed by atoms with Gasteiger partial charge >= 0.3 is 13.6 Å². The minimum atomic E-state index is -3.95. The van der Waals surface area contributed by atoms with Crippen molar-refractivity contribution >= 4 is 31.4 Å². The van der Waals surface area contributed by atoms with Crippen molar-refractivity contribution in [2.75, 3.05) is 20.3 Å². The van der Waals surface area contributed by atoms with Gasteiger partial charge in [-0.1, -0.05) is 24.8 Å². The zero-order chi connectivity index (χ0) is 18.9. The first-order valence-electron chi connectivity index (χ1n) is 7.54. The van der Waals surface area contributed by atoms with E-state index in [0.717, 1.165) is 0 Å². The Hall–Kier alpha value is -1.54. The van der Waals surface area contributed by atoms with Gasteiger partial charge in [-0.3, -0.25) is 9.36 Å². The number of methoxy groups -OCH3 is 1. The second kappa shape index (κ2) is 10.5. The Bertz CT molecular complexity index is 613. The fourth-order valence-corrected chi connectivity index (χ4v) is 3.82. The number of hydrogen-bond donors (Lipinski definition) is 2. The summed E-state index contributed by atoms with van der Waals surface area (Å²) in [7, 11) is -2.41. The molecule has 10 heteroatoms. The Morgan fingerprint density at radius 1 is 1.16 bits per heavy atom. The SMILES string of the molecule is CCOP(=O)(OCC)C(NC(=O)S)C(=O)OCc1ccc(OC)cc1. The zero-order valence-corrected chi connectivity index (χ0v) is 16.0. The summed E-state index contributed by atoms with van der Waals surface area (Å²) >= 11 is 3.56. The lowest BCUT2D eigenvalue weighted by Crippen LogP contribution is -2.40. The Morgan fingerprint density at radius 3 is 2.16 bits per heavy atom. The van der Waals surface area contributed by atoms with Gasteiger partial charge in [0.05, 0.1) is 20.3 Å². The van der Waals surface area contributed by atoms with Gasteiger partial charge in [-0.15, -0.1) is 0 Å². The van der Waals surface area contributed by atoms with Crippen LogP contribution in [-0.2, 0) is 29.8 Å². The van der Waals surface area contributed by atoms with Crippen LogP contribution >= 0.6 is 20.2 Å². The summed E-state index contributed by atoms with van der Waals surface area (Å²) in [5.74, 6) is -1.88. The Balaban J connectivity index is 2.87. The minimum Gasteiger partial charge on any atom is -0.497 e. The number of rotatable bonds is 10. The van der Waals surface area contributed by atoms with Gasteiger partial charge in [0.25, 0.3) is 5.24 Å². The second-order valence-electron chi connectivity index (χ2n) is 4.68. The maximum absolute atomic E-state index is 12.8.